The van der Waals surface area contributed by atoms with Gasteiger partial charge in [0.2, 0.25) is 11.7 Å². The van der Waals surface area contributed by atoms with Gasteiger partial charge >= 0.3 is 6.43 Å². The number of rotatable bonds is 7. The van der Waals surface area contributed by atoms with Gasteiger partial charge in [0, 0.05) is 66.0 Å². The maximum atomic E-state index is 13.0. The number of aryl methyl sites for hydroxylation is 2. The molecule has 8 nitrogen and oxygen atoms in total. The molecule has 0 radical (unpaired) electrons. The van der Waals surface area contributed by atoms with E-state index in [1.54, 1.807) is 46.8 Å². The van der Waals surface area contributed by atoms with Crippen molar-refractivity contribution in [3.05, 3.63) is 59.7 Å². The Morgan fingerprint density at radius 2 is 1.97 bits per heavy atom. The van der Waals surface area contributed by atoms with E-state index in [4.69, 9.17) is 0 Å². The zero-order valence-corrected chi connectivity index (χ0v) is 19.0. The molecular weight excluding hydrogens is 440 g/mol. The van der Waals surface area contributed by atoms with Crippen LogP contribution in [0.2, 0.25) is 0 Å². The number of nitrogens with one attached hydrogen (secondary N) is 1. The third kappa shape index (κ3) is 4.28. The lowest BCUT2D eigenvalue weighted by Crippen LogP contribution is -2.18. The lowest BCUT2D eigenvalue weighted by molar-refractivity contribution is 0.0680. The molecule has 1 aromatic carbocycles. The molecule has 10 heteroatoms. The molecule has 0 bridgehead atoms. The molecule has 4 heterocycles. The van der Waals surface area contributed by atoms with E-state index >= 15 is 0 Å². The second-order valence-corrected chi connectivity index (χ2v) is 8.58. The second-order valence-electron chi connectivity index (χ2n) is 8.58. The topological polar surface area (TPSA) is 80.9 Å². The Hall–Kier alpha value is -3.66. The van der Waals surface area contributed by atoms with E-state index in [0.29, 0.717) is 28.4 Å². The van der Waals surface area contributed by atoms with E-state index in [0.717, 1.165) is 25.3 Å². The lowest BCUT2D eigenvalue weighted by Gasteiger charge is -2.13. The number of hydrogen-bond acceptors (Lipinski definition) is 6. The van der Waals surface area contributed by atoms with Gasteiger partial charge in [-0.3, -0.25) is 9.69 Å². The van der Waals surface area contributed by atoms with Crippen molar-refractivity contribution < 1.29 is 13.6 Å². The summed E-state index contributed by atoms with van der Waals surface area (Å²) in [6.07, 6.45) is 4.48. The van der Waals surface area contributed by atoms with Crippen LogP contribution in [0.15, 0.2) is 42.9 Å². The summed E-state index contributed by atoms with van der Waals surface area (Å²) in [5, 5.41) is 8.18. The monoisotopic (exact) mass is 465 g/mol. The number of carbonyl (C=O) groups is 1. The Morgan fingerprint density at radius 1 is 1.18 bits per heavy atom. The van der Waals surface area contributed by atoms with Crippen molar-refractivity contribution in [2.24, 2.45) is 7.05 Å². The standard InChI is InChI=1S/C24H25F2N7O/c1-15-16(12-32-9-3-4-10-32)13-33(30-15)21-7-8-27-24(29-21)28-17-5-6-20-18(11-17)19(14-31(20)2)22(34)23(25)26/h5-8,11,13-14,23H,3-4,9-10,12H2,1-2H3,(H,27,28,29). The van der Waals surface area contributed by atoms with E-state index in [9.17, 15) is 13.6 Å². The smallest absolute Gasteiger partial charge is 0.300 e. The van der Waals surface area contributed by atoms with Gasteiger partial charge in [0.1, 0.15) is 0 Å². The second kappa shape index (κ2) is 8.94. The summed E-state index contributed by atoms with van der Waals surface area (Å²) >= 11 is 0. The predicted molar refractivity (Wildman–Crippen MR) is 125 cm³/mol. The molecule has 0 atom stereocenters. The van der Waals surface area contributed by atoms with E-state index < -0.39 is 12.2 Å². The quantitative estimate of drug-likeness (QED) is 0.411. The van der Waals surface area contributed by atoms with Crippen molar-refractivity contribution in [1.29, 1.82) is 0 Å². The summed E-state index contributed by atoms with van der Waals surface area (Å²) in [6, 6.07) is 7.00. The van der Waals surface area contributed by atoms with Gasteiger partial charge in [-0.1, -0.05) is 0 Å². The summed E-state index contributed by atoms with van der Waals surface area (Å²) in [7, 11) is 1.72. The molecule has 1 aliphatic heterocycles. The zero-order chi connectivity index (χ0) is 23.8. The molecule has 0 aliphatic carbocycles. The molecule has 1 fully saturated rings. The summed E-state index contributed by atoms with van der Waals surface area (Å²) in [5.74, 6) is -0.244. The molecule has 1 N–H and O–H groups in total. The summed E-state index contributed by atoms with van der Waals surface area (Å²) in [4.78, 5) is 23.2. The van der Waals surface area contributed by atoms with Gasteiger partial charge < -0.3 is 9.88 Å². The highest BCUT2D eigenvalue weighted by Gasteiger charge is 2.22. The first-order valence-electron chi connectivity index (χ1n) is 11.2. The van der Waals surface area contributed by atoms with E-state index in [2.05, 4.69) is 25.3 Å². The number of hydrogen-bond donors (Lipinski definition) is 1. The van der Waals surface area contributed by atoms with E-state index in [-0.39, 0.29) is 5.56 Å². The molecule has 0 saturated carbocycles. The van der Waals surface area contributed by atoms with Crippen molar-refractivity contribution in [2.45, 2.75) is 32.7 Å². The number of Topliss-reactive ketones (excluding diaryl/α,β-unsaturated/α-hetero) is 1. The maximum Gasteiger partial charge on any atom is 0.300 e. The van der Waals surface area contributed by atoms with Crippen molar-refractivity contribution in [3.63, 3.8) is 0 Å². The lowest BCUT2D eigenvalue weighted by atomic mass is 10.1. The van der Waals surface area contributed by atoms with E-state index in [1.165, 1.54) is 24.6 Å². The van der Waals surface area contributed by atoms with Crippen LogP contribution >= 0.6 is 0 Å². The highest BCUT2D eigenvalue weighted by molar-refractivity contribution is 6.10. The van der Waals surface area contributed by atoms with Crippen LogP contribution in [0.3, 0.4) is 0 Å². The Kier molecular flexibility index (Phi) is 5.82. The SMILES string of the molecule is Cc1nn(-c2ccnc(Nc3ccc4c(c3)c(C(=O)C(F)F)cn4C)n2)cc1CN1CCCC1. The van der Waals surface area contributed by atoms with Crippen LogP contribution in [0.5, 0.6) is 0 Å². The number of carbonyl (C=O) groups excluding carboxylic acids is 1. The molecule has 1 saturated heterocycles. The Balaban J connectivity index is 1.40. The van der Waals surface area contributed by atoms with Gasteiger partial charge in [0.15, 0.2) is 5.82 Å². The highest BCUT2D eigenvalue weighted by atomic mass is 19.3. The fourth-order valence-electron chi connectivity index (χ4n) is 4.40. The summed E-state index contributed by atoms with van der Waals surface area (Å²) in [5.41, 5.74) is 3.39. The third-order valence-corrected chi connectivity index (χ3v) is 6.18. The number of ketones is 1. The first-order chi connectivity index (χ1) is 16.4. The molecule has 0 spiro atoms. The third-order valence-electron chi connectivity index (χ3n) is 6.18. The largest absolute Gasteiger partial charge is 0.350 e. The van der Waals surface area contributed by atoms with Crippen LogP contribution in [0.25, 0.3) is 16.7 Å². The van der Waals surface area contributed by atoms with Gasteiger partial charge in [-0.25, -0.2) is 18.4 Å². The molecule has 0 amide bonds. The van der Waals surface area contributed by atoms with Crippen molar-refractivity contribution in [1.82, 2.24) is 29.2 Å². The van der Waals surface area contributed by atoms with Crippen LogP contribution in [0.1, 0.15) is 34.5 Å². The molecule has 4 aromatic rings. The van der Waals surface area contributed by atoms with Crippen molar-refractivity contribution >= 4 is 28.3 Å². The predicted octanol–water partition coefficient (Wildman–Crippen LogP) is 4.25. The summed E-state index contributed by atoms with van der Waals surface area (Å²) in [6.45, 7) is 5.10. The number of likely N-dealkylation sites (tertiary alicyclic amines) is 1. The number of nitrogens with zero attached hydrogens (tertiary/aromatic N) is 6. The average molecular weight is 466 g/mol. The molecule has 5 rings (SSSR count). The fraction of sp³-hybridized carbons (Fsp3) is 0.333. The van der Waals surface area contributed by atoms with Gasteiger partial charge in [-0.05, 0) is 51.1 Å². The Labute approximate surface area is 195 Å². The molecule has 0 unspecified atom stereocenters. The van der Waals surface area contributed by atoms with Crippen molar-refractivity contribution in [3.8, 4) is 5.82 Å². The molecule has 34 heavy (non-hydrogen) atoms. The average Bonchev–Trinajstić information content (AvgIpc) is 3.54. The minimum Gasteiger partial charge on any atom is -0.350 e. The van der Waals surface area contributed by atoms with E-state index in [1.807, 2.05) is 13.1 Å². The molecule has 176 valence electrons. The van der Waals surface area contributed by atoms with Crippen LogP contribution in [0.4, 0.5) is 20.4 Å². The zero-order valence-electron chi connectivity index (χ0n) is 19.0. The van der Waals surface area contributed by atoms with Gasteiger partial charge in [0.25, 0.3) is 0 Å². The van der Waals surface area contributed by atoms with Gasteiger partial charge in [0.05, 0.1) is 5.69 Å². The Bertz CT molecular complexity index is 1350. The van der Waals surface area contributed by atoms with Gasteiger partial charge in [-0.15, -0.1) is 0 Å². The number of halogens is 2. The number of benzene rings is 1. The van der Waals surface area contributed by atoms with Crippen LogP contribution in [-0.4, -0.2) is 54.5 Å². The Morgan fingerprint density at radius 3 is 2.74 bits per heavy atom. The van der Waals surface area contributed by atoms with Crippen LogP contribution < -0.4 is 5.32 Å². The molecular formula is C24H25F2N7O. The fourth-order valence-corrected chi connectivity index (χ4v) is 4.40. The first-order valence-corrected chi connectivity index (χ1v) is 11.2. The molecule has 1 aliphatic rings. The number of alkyl halides is 2. The van der Waals surface area contributed by atoms with Crippen LogP contribution in [-0.2, 0) is 13.6 Å². The highest BCUT2D eigenvalue weighted by Crippen LogP contribution is 2.27. The normalized spacial score (nSPS) is 14.4. The minimum absolute atomic E-state index is 0.0108. The molecule has 3 aromatic heterocycles. The maximum absolute atomic E-state index is 13.0. The van der Waals surface area contributed by atoms with Crippen molar-refractivity contribution in [2.75, 3.05) is 18.4 Å². The minimum atomic E-state index is -3.06. The van der Waals surface area contributed by atoms with Crippen LogP contribution in [0, 0.1) is 6.92 Å². The number of fused-ring (bicyclic) bond motifs is 1. The summed E-state index contributed by atoms with van der Waals surface area (Å²) < 4.78 is 29.5. The first kappa shape index (κ1) is 22.1. The number of anilines is 2. The number of aromatic nitrogens is 5. The van der Waals surface area contributed by atoms with Gasteiger partial charge in [-0.2, -0.15) is 10.1 Å².